The molecule has 30 heavy (non-hydrogen) atoms. The van der Waals surface area contributed by atoms with Crippen LogP contribution in [0.4, 0.5) is 14.5 Å². The van der Waals surface area contributed by atoms with Crippen LogP contribution in [0.15, 0.2) is 48.5 Å². The minimum atomic E-state index is -0.678. The van der Waals surface area contributed by atoms with E-state index in [2.05, 4.69) is 19.4 Å². The second-order valence-corrected chi connectivity index (χ2v) is 8.00. The molecule has 1 aliphatic heterocycles. The van der Waals surface area contributed by atoms with Gasteiger partial charge in [0.1, 0.15) is 18.2 Å². The Morgan fingerprint density at radius 2 is 1.70 bits per heavy atom. The molecule has 0 atom stereocenters. The molecule has 0 aliphatic carbocycles. The molecule has 2 aromatic carbocycles. The topological polar surface area (TPSA) is 38.3 Å². The van der Waals surface area contributed by atoms with Crippen LogP contribution in [-0.2, 0) is 16.1 Å². The highest BCUT2D eigenvalue weighted by Gasteiger charge is 2.30. The Hall–Kier alpha value is -2.28. The minimum Gasteiger partial charge on any atom is -1.00 e. The Balaban J connectivity index is 0.00000320. The molecule has 0 aromatic heterocycles. The molecule has 1 amide bonds. The Morgan fingerprint density at radius 1 is 1.10 bits per heavy atom. The van der Waals surface area contributed by atoms with Gasteiger partial charge < -0.3 is 26.9 Å². The van der Waals surface area contributed by atoms with E-state index in [9.17, 15) is 13.6 Å². The number of rotatable bonds is 6. The molecule has 162 valence electrons. The average molecular weight is 437 g/mol. The largest absolute Gasteiger partial charge is 1.00 e. The molecule has 1 heterocycles. The zero-order valence-corrected chi connectivity index (χ0v) is 18.0. The van der Waals surface area contributed by atoms with Crippen molar-refractivity contribution < 1.29 is 35.2 Å². The molecule has 0 saturated carbocycles. The number of carbonyl (C=O) groups excluding carboxylic acids is 1. The van der Waals surface area contributed by atoms with Gasteiger partial charge in [0.05, 0.1) is 33.4 Å². The van der Waals surface area contributed by atoms with Crippen molar-refractivity contribution in [1.82, 2.24) is 0 Å². The molecule has 1 saturated heterocycles. The molecule has 7 heteroatoms. The second-order valence-electron chi connectivity index (χ2n) is 8.00. The van der Waals surface area contributed by atoms with Gasteiger partial charge in [-0.3, -0.25) is 4.79 Å². The van der Waals surface area contributed by atoms with Crippen LogP contribution in [0.25, 0.3) is 6.08 Å². The van der Waals surface area contributed by atoms with Gasteiger partial charge in [-0.25, -0.2) is 8.78 Å². The van der Waals surface area contributed by atoms with E-state index in [1.807, 2.05) is 24.3 Å². The molecule has 0 bridgehead atoms. The highest BCUT2D eigenvalue weighted by Crippen LogP contribution is 2.23. The molecule has 0 unspecified atom stereocenters. The maximum atomic E-state index is 13.2. The highest BCUT2D eigenvalue weighted by atomic mass is 35.5. The van der Waals surface area contributed by atoms with Crippen LogP contribution in [-0.4, -0.2) is 43.7 Å². The van der Waals surface area contributed by atoms with Crippen LogP contribution in [0, 0.1) is 11.6 Å². The predicted octanol–water partition coefficient (Wildman–Crippen LogP) is 1.38. The van der Waals surface area contributed by atoms with Crippen molar-refractivity contribution in [3.05, 3.63) is 71.3 Å². The van der Waals surface area contributed by atoms with E-state index in [1.54, 1.807) is 0 Å². The Morgan fingerprint density at radius 3 is 2.30 bits per heavy atom. The van der Waals surface area contributed by atoms with Gasteiger partial charge in [-0.2, -0.15) is 0 Å². The molecule has 1 aliphatic rings. The number of ether oxygens (including phenoxy) is 1. The lowest BCUT2D eigenvalue weighted by atomic mass is 10.0. The van der Waals surface area contributed by atoms with Gasteiger partial charge in [0.2, 0.25) is 5.91 Å². The Kier molecular flexibility index (Phi) is 8.53. The summed E-state index contributed by atoms with van der Waals surface area (Å²) >= 11 is 0. The van der Waals surface area contributed by atoms with E-state index in [1.165, 1.54) is 29.8 Å². The lowest BCUT2D eigenvalue weighted by Gasteiger charge is -2.40. The molecular formula is C23H27ClF2N2O2. The number of anilines is 1. The van der Waals surface area contributed by atoms with Crippen molar-refractivity contribution in [2.24, 2.45) is 0 Å². The number of halogens is 3. The van der Waals surface area contributed by atoms with Gasteiger partial charge in [-0.05, 0) is 35.9 Å². The first-order chi connectivity index (χ1) is 13.8. The SMILES string of the molecule is C[N+](C)(Cc1ccc(NC(=O)C=Cc2cc(F)cc(F)c2)cc1)C1CCOCC1.[Cl-]. The van der Waals surface area contributed by atoms with Crippen LogP contribution in [0.2, 0.25) is 0 Å². The van der Waals surface area contributed by atoms with Crippen molar-refractivity contribution >= 4 is 17.7 Å². The molecule has 0 spiro atoms. The van der Waals surface area contributed by atoms with E-state index >= 15 is 0 Å². The summed E-state index contributed by atoms with van der Waals surface area (Å²) in [4.78, 5) is 12.1. The van der Waals surface area contributed by atoms with Crippen LogP contribution in [0.1, 0.15) is 24.0 Å². The summed E-state index contributed by atoms with van der Waals surface area (Å²) in [5, 5.41) is 2.76. The number of amides is 1. The summed E-state index contributed by atoms with van der Waals surface area (Å²) in [6, 6.07) is 11.5. The molecule has 2 aromatic rings. The number of carbonyl (C=O) groups is 1. The van der Waals surface area contributed by atoms with Crippen LogP contribution in [0.5, 0.6) is 0 Å². The zero-order valence-electron chi connectivity index (χ0n) is 17.2. The van der Waals surface area contributed by atoms with E-state index in [0.29, 0.717) is 17.3 Å². The van der Waals surface area contributed by atoms with Crippen molar-refractivity contribution in [1.29, 1.82) is 0 Å². The van der Waals surface area contributed by atoms with E-state index in [4.69, 9.17) is 4.74 Å². The first-order valence-electron chi connectivity index (χ1n) is 9.76. The average Bonchev–Trinajstić information content (AvgIpc) is 2.68. The fraction of sp³-hybridized carbons (Fsp3) is 0.348. The quantitative estimate of drug-likeness (QED) is 0.549. The Bertz CT molecular complexity index is 859. The molecule has 1 N–H and O–H groups in total. The third kappa shape index (κ3) is 6.90. The smallest absolute Gasteiger partial charge is 0.248 e. The summed E-state index contributed by atoms with van der Waals surface area (Å²) in [5.74, 6) is -1.72. The fourth-order valence-corrected chi connectivity index (χ4v) is 3.70. The lowest BCUT2D eigenvalue weighted by molar-refractivity contribution is -0.929. The van der Waals surface area contributed by atoms with Crippen molar-refractivity contribution in [2.75, 3.05) is 32.6 Å². The summed E-state index contributed by atoms with van der Waals surface area (Å²) in [6.07, 6.45) is 4.78. The molecule has 4 nitrogen and oxygen atoms in total. The van der Waals surface area contributed by atoms with Crippen LogP contribution in [0.3, 0.4) is 0 Å². The maximum absolute atomic E-state index is 13.2. The molecule has 3 rings (SSSR count). The standard InChI is InChI=1S/C23H26F2N2O2.ClH/c1-27(2,22-9-11-29-12-10-22)16-17-3-6-21(7-4-17)26-23(28)8-5-18-13-19(24)15-20(25)14-18;/h3-8,13-15,22H,9-12,16H2,1-2H3;1H. The monoisotopic (exact) mass is 436 g/mol. The number of quaternary nitrogens is 1. The first kappa shape index (κ1) is 24.0. The molecular weight excluding hydrogens is 410 g/mol. The van der Waals surface area contributed by atoms with Gasteiger partial charge >= 0.3 is 0 Å². The van der Waals surface area contributed by atoms with Gasteiger partial charge in [-0.1, -0.05) is 12.1 Å². The van der Waals surface area contributed by atoms with Crippen molar-refractivity contribution in [3.8, 4) is 0 Å². The number of hydrogen-bond donors (Lipinski definition) is 1. The van der Waals surface area contributed by atoms with Crippen LogP contribution >= 0.6 is 0 Å². The maximum Gasteiger partial charge on any atom is 0.248 e. The minimum absolute atomic E-state index is 0. The normalized spacial score (nSPS) is 15.1. The zero-order chi connectivity index (χ0) is 20.9. The highest BCUT2D eigenvalue weighted by molar-refractivity contribution is 6.01. The summed E-state index contributed by atoms with van der Waals surface area (Å²) in [6.45, 7) is 2.56. The third-order valence-electron chi connectivity index (χ3n) is 5.30. The molecule has 1 fully saturated rings. The van der Waals surface area contributed by atoms with Crippen molar-refractivity contribution in [2.45, 2.75) is 25.4 Å². The summed E-state index contributed by atoms with van der Waals surface area (Å²) in [5.41, 5.74) is 2.16. The van der Waals surface area contributed by atoms with Gasteiger partial charge in [0.25, 0.3) is 0 Å². The number of nitrogens with zero attached hydrogens (tertiary/aromatic N) is 1. The lowest BCUT2D eigenvalue weighted by Crippen LogP contribution is -3.00. The van der Waals surface area contributed by atoms with Gasteiger partial charge in [-0.15, -0.1) is 0 Å². The second kappa shape index (κ2) is 10.7. The van der Waals surface area contributed by atoms with E-state index < -0.39 is 11.6 Å². The third-order valence-corrected chi connectivity index (χ3v) is 5.30. The first-order valence-corrected chi connectivity index (χ1v) is 9.76. The van der Waals surface area contributed by atoms with E-state index in [-0.39, 0.29) is 18.3 Å². The van der Waals surface area contributed by atoms with Gasteiger partial charge in [0, 0.05) is 36.2 Å². The number of hydrogen-bond acceptors (Lipinski definition) is 2. The number of nitrogens with one attached hydrogen (secondary N) is 1. The summed E-state index contributed by atoms with van der Waals surface area (Å²) < 4.78 is 32.8. The van der Waals surface area contributed by atoms with Crippen LogP contribution < -0.4 is 17.7 Å². The predicted molar refractivity (Wildman–Crippen MR) is 110 cm³/mol. The van der Waals surface area contributed by atoms with E-state index in [0.717, 1.165) is 43.1 Å². The number of benzene rings is 2. The molecule has 0 radical (unpaired) electrons. The summed E-state index contributed by atoms with van der Waals surface area (Å²) in [7, 11) is 4.48. The van der Waals surface area contributed by atoms with Crippen molar-refractivity contribution in [3.63, 3.8) is 0 Å². The Labute approximate surface area is 182 Å². The fourth-order valence-electron chi connectivity index (χ4n) is 3.70. The van der Waals surface area contributed by atoms with Gasteiger partial charge in [0.15, 0.2) is 0 Å².